The maximum atomic E-state index is 11.6. The Morgan fingerprint density at radius 3 is 2.53 bits per heavy atom. The molecule has 0 aliphatic rings. The van der Waals surface area contributed by atoms with E-state index in [0.29, 0.717) is 11.3 Å². The Balaban J connectivity index is 0.00000324. The zero-order chi connectivity index (χ0) is 13.7. The second-order valence-electron chi connectivity index (χ2n) is 4.34. The van der Waals surface area contributed by atoms with Gasteiger partial charge in [0.2, 0.25) is 5.91 Å². The van der Waals surface area contributed by atoms with Crippen molar-refractivity contribution >= 4 is 29.9 Å². The van der Waals surface area contributed by atoms with Crippen LogP contribution in [0.4, 0.5) is 5.69 Å². The number of hydrogen-bond donors (Lipinski definition) is 3. The molecule has 1 unspecified atom stereocenters. The van der Waals surface area contributed by atoms with Crippen molar-refractivity contribution in [3.63, 3.8) is 0 Å². The first-order valence-corrected chi connectivity index (χ1v) is 5.82. The number of aryl methyl sites for hydroxylation is 1. The highest BCUT2D eigenvalue weighted by atomic mass is 35.5. The summed E-state index contributed by atoms with van der Waals surface area (Å²) in [5, 5.41) is 5.30. The molecule has 6 heteroatoms. The number of carbonyl (C=O) groups is 2. The summed E-state index contributed by atoms with van der Waals surface area (Å²) in [4.78, 5) is 23.1. The molecule has 0 saturated heterocycles. The molecule has 0 fully saturated rings. The normalized spacial score (nSPS) is 11.2. The largest absolute Gasteiger partial charge is 0.355 e. The molecule has 0 saturated carbocycles. The molecule has 1 atom stereocenters. The number of anilines is 1. The second-order valence-corrected chi connectivity index (χ2v) is 4.34. The summed E-state index contributed by atoms with van der Waals surface area (Å²) in [5.41, 5.74) is 7.62. The Bertz CT molecular complexity index is 461. The van der Waals surface area contributed by atoms with Gasteiger partial charge < -0.3 is 16.4 Å². The summed E-state index contributed by atoms with van der Waals surface area (Å²) in [5.74, 6) is -0.333. The minimum atomic E-state index is -0.188. The molecule has 0 aliphatic heterocycles. The van der Waals surface area contributed by atoms with E-state index >= 15 is 0 Å². The van der Waals surface area contributed by atoms with Crippen LogP contribution in [0.15, 0.2) is 18.2 Å². The van der Waals surface area contributed by atoms with Crippen LogP contribution >= 0.6 is 12.4 Å². The van der Waals surface area contributed by atoms with Gasteiger partial charge in [0.05, 0.1) is 0 Å². The van der Waals surface area contributed by atoms with Crippen molar-refractivity contribution in [1.82, 2.24) is 5.32 Å². The van der Waals surface area contributed by atoms with Crippen molar-refractivity contribution in [1.29, 1.82) is 0 Å². The predicted molar refractivity (Wildman–Crippen MR) is 78.7 cm³/mol. The van der Waals surface area contributed by atoms with Gasteiger partial charge >= 0.3 is 0 Å². The Hall–Kier alpha value is -1.59. The number of carbonyl (C=O) groups excluding carboxylic acids is 2. The predicted octanol–water partition coefficient (Wildman–Crippen LogP) is 1.45. The number of rotatable bonds is 4. The lowest BCUT2D eigenvalue weighted by Gasteiger charge is -2.11. The topological polar surface area (TPSA) is 84.2 Å². The van der Waals surface area contributed by atoms with Gasteiger partial charge in [-0.05, 0) is 31.5 Å². The number of nitrogens with two attached hydrogens (primary N) is 1. The van der Waals surface area contributed by atoms with Crippen molar-refractivity contribution in [2.75, 3.05) is 12.4 Å². The molecule has 1 rings (SSSR count). The van der Waals surface area contributed by atoms with Crippen LogP contribution in [-0.2, 0) is 4.79 Å². The fourth-order valence-corrected chi connectivity index (χ4v) is 1.54. The maximum Gasteiger partial charge on any atom is 0.251 e. The standard InChI is InChI=1S/C13H19N3O2.ClH/c1-8-4-5-10(13(18)15-3)7-11(8)16-12(17)6-9(2)14;/h4-5,7,9H,6,14H2,1-3H3,(H,15,18)(H,16,17);1H. The third-order valence-corrected chi connectivity index (χ3v) is 2.51. The molecule has 19 heavy (non-hydrogen) atoms. The van der Waals surface area contributed by atoms with E-state index in [9.17, 15) is 9.59 Å². The summed E-state index contributed by atoms with van der Waals surface area (Å²) in [6, 6.07) is 4.99. The zero-order valence-electron chi connectivity index (χ0n) is 11.3. The summed E-state index contributed by atoms with van der Waals surface area (Å²) in [6.07, 6.45) is 0.254. The lowest BCUT2D eigenvalue weighted by atomic mass is 10.1. The Labute approximate surface area is 119 Å². The molecule has 0 heterocycles. The van der Waals surface area contributed by atoms with E-state index in [2.05, 4.69) is 10.6 Å². The van der Waals surface area contributed by atoms with Crippen LogP contribution in [-0.4, -0.2) is 24.9 Å². The molecule has 1 aromatic rings. The Morgan fingerprint density at radius 1 is 1.37 bits per heavy atom. The Morgan fingerprint density at radius 2 is 2.00 bits per heavy atom. The second kappa shape index (κ2) is 7.76. The molecule has 0 aromatic heterocycles. The lowest BCUT2D eigenvalue weighted by molar-refractivity contribution is -0.116. The number of halogens is 1. The smallest absolute Gasteiger partial charge is 0.251 e. The first kappa shape index (κ1) is 17.4. The molecule has 0 aliphatic carbocycles. The molecule has 1 aromatic carbocycles. The average molecular weight is 286 g/mol. The average Bonchev–Trinajstić information content (AvgIpc) is 2.30. The third-order valence-electron chi connectivity index (χ3n) is 2.51. The van der Waals surface area contributed by atoms with Crippen molar-refractivity contribution < 1.29 is 9.59 Å². The SMILES string of the molecule is CNC(=O)c1ccc(C)c(NC(=O)CC(C)N)c1.Cl. The molecule has 4 N–H and O–H groups in total. The van der Waals surface area contributed by atoms with E-state index in [1.165, 1.54) is 0 Å². The van der Waals surface area contributed by atoms with Gasteiger partial charge in [0.15, 0.2) is 0 Å². The highest BCUT2D eigenvalue weighted by molar-refractivity contribution is 5.97. The number of amides is 2. The van der Waals surface area contributed by atoms with Crippen LogP contribution in [0.25, 0.3) is 0 Å². The van der Waals surface area contributed by atoms with E-state index < -0.39 is 0 Å². The van der Waals surface area contributed by atoms with Gasteiger partial charge in [0.1, 0.15) is 0 Å². The third kappa shape index (κ3) is 5.28. The number of nitrogens with one attached hydrogen (secondary N) is 2. The summed E-state index contributed by atoms with van der Waals surface area (Å²) in [6.45, 7) is 3.64. The molecule has 106 valence electrons. The van der Waals surface area contributed by atoms with E-state index in [0.717, 1.165) is 5.56 Å². The van der Waals surface area contributed by atoms with Crippen LogP contribution < -0.4 is 16.4 Å². The van der Waals surface area contributed by atoms with Crippen molar-refractivity contribution in [2.45, 2.75) is 26.3 Å². The molecular formula is C13H20ClN3O2. The minimum absolute atomic E-state index is 0. The summed E-state index contributed by atoms with van der Waals surface area (Å²) in [7, 11) is 1.57. The molecular weight excluding hydrogens is 266 g/mol. The van der Waals surface area contributed by atoms with Gasteiger partial charge in [0, 0.05) is 30.8 Å². The van der Waals surface area contributed by atoms with Gasteiger partial charge in [-0.15, -0.1) is 12.4 Å². The van der Waals surface area contributed by atoms with Gasteiger partial charge in [-0.1, -0.05) is 6.07 Å². The van der Waals surface area contributed by atoms with Crippen LogP contribution in [0.3, 0.4) is 0 Å². The summed E-state index contributed by atoms with van der Waals surface area (Å²) < 4.78 is 0. The van der Waals surface area contributed by atoms with Crippen LogP contribution in [0.5, 0.6) is 0 Å². The van der Waals surface area contributed by atoms with Crippen molar-refractivity contribution in [2.24, 2.45) is 5.73 Å². The van der Waals surface area contributed by atoms with Crippen LogP contribution in [0.2, 0.25) is 0 Å². The van der Waals surface area contributed by atoms with Crippen molar-refractivity contribution in [3.8, 4) is 0 Å². The van der Waals surface area contributed by atoms with Gasteiger partial charge in [-0.2, -0.15) is 0 Å². The molecule has 0 spiro atoms. The summed E-state index contributed by atoms with van der Waals surface area (Å²) >= 11 is 0. The van der Waals surface area contributed by atoms with E-state index in [-0.39, 0.29) is 36.7 Å². The highest BCUT2D eigenvalue weighted by Gasteiger charge is 2.10. The fourth-order valence-electron chi connectivity index (χ4n) is 1.54. The van der Waals surface area contributed by atoms with Gasteiger partial charge in [0.25, 0.3) is 5.91 Å². The molecule has 0 bridgehead atoms. The monoisotopic (exact) mass is 285 g/mol. The number of hydrogen-bond acceptors (Lipinski definition) is 3. The number of benzene rings is 1. The first-order chi connectivity index (χ1) is 8.43. The lowest BCUT2D eigenvalue weighted by Crippen LogP contribution is -2.24. The fraction of sp³-hybridized carbons (Fsp3) is 0.385. The van der Waals surface area contributed by atoms with Crippen molar-refractivity contribution in [3.05, 3.63) is 29.3 Å². The van der Waals surface area contributed by atoms with E-state index in [1.807, 2.05) is 6.92 Å². The maximum absolute atomic E-state index is 11.6. The molecule has 5 nitrogen and oxygen atoms in total. The van der Waals surface area contributed by atoms with Gasteiger partial charge in [-0.3, -0.25) is 9.59 Å². The van der Waals surface area contributed by atoms with E-state index in [1.54, 1.807) is 32.2 Å². The quantitative estimate of drug-likeness (QED) is 0.783. The van der Waals surface area contributed by atoms with Gasteiger partial charge in [-0.25, -0.2) is 0 Å². The first-order valence-electron chi connectivity index (χ1n) is 5.82. The van der Waals surface area contributed by atoms with E-state index in [4.69, 9.17) is 5.73 Å². The Kier molecular flexibility index (Phi) is 7.11. The van der Waals surface area contributed by atoms with Crippen LogP contribution in [0.1, 0.15) is 29.3 Å². The van der Waals surface area contributed by atoms with Crippen LogP contribution in [0, 0.1) is 6.92 Å². The zero-order valence-corrected chi connectivity index (χ0v) is 12.1. The molecule has 2 amide bonds. The molecule has 0 radical (unpaired) electrons. The minimum Gasteiger partial charge on any atom is -0.355 e. The highest BCUT2D eigenvalue weighted by Crippen LogP contribution is 2.17.